The second-order valence-corrected chi connectivity index (χ2v) is 7.14. The minimum Gasteiger partial charge on any atom is -0.481 e. The van der Waals surface area contributed by atoms with Gasteiger partial charge in [-0.1, -0.05) is 20.3 Å². The van der Waals surface area contributed by atoms with Gasteiger partial charge in [-0.3, -0.25) is 4.79 Å². The van der Waals surface area contributed by atoms with Crippen LogP contribution in [0.25, 0.3) is 0 Å². The minimum absolute atomic E-state index is 0.591. The lowest BCUT2D eigenvalue weighted by molar-refractivity contribution is -0.147. The van der Waals surface area contributed by atoms with E-state index in [-0.39, 0.29) is 0 Å². The van der Waals surface area contributed by atoms with Gasteiger partial charge in [0.1, 0.15) is 0 Å². The van der Waals surface area contributed by atoms with Crippen molar-refractivity contribution in [3.8, 4) is 0 Å². The normalized spacial score (nSPS) is 12.7. The van der Waals surface area contributed by atoms with Crippen molar-refractivity contribution < 1.29 is 9.90 Å². The second-order valence-electron chi connectivity index (χ2n) is 7.14. The van der Waals surface area contributed by atoms with Gasteiger partial charge in [0.05, 0.1) is 5.41 Å². The number of rotatable bonds is 11. The van der Waals surface area contributed by atoms with Crippen molar-refractivity contribution in [2.24, 2.45) is 11.3 Å². The first-order chi connectivity index (χ1) is 9.15. The first-order valence-electron chi connectivity index (χ1n) is 7.75. The van der Waals surface area contributed by atoms with Gasteiger partial charge in [-0.25, -0.2) is 0 Å². The molecule has 0 saturated heterocycles. The van der Waals surface area contributed by atoms with Gasteiger partial charge in [0.25, 0.3) is 0 Å². The van der Waals surface area contributed by atoms with Crippen molar-refractivity contribution in [1.29, 1.82) is 0 Å². The minimum atomic E-state index is -0.691. The largest absolute Gasteiger partial charge is 0.481 e. The summed E-state index contributed by atoms with van der Waals surface area (Å²) in [5.41, 5.74) is -0.591. The van der Waals surface area contributed by atoms with Crippen LogP contribution in [0, 0.1) is 11.3 Å². The zero-order chi connectivity index (χ0) is 15.8. The maximum Gasteiger partial charge on any atom is 0.309 e. The lowest BCUT2D eigenvalue weighted by Crippen LogP contribution is -2.35. The fraction of sp³-hybridized carbons (Fsp3) is 0.938. The molecule has 0 aromatic heterocycles. The molecule has 0 saturated carbocycles. The van der Waals surface area contributed by atoms with Crippen LogP contribution in [0.2, 0.25) is 0 Å². The summed E-state index contributed by atoms with van der Waals surface area (Å²) in [6.07, 6.45) is 2.82. The van der Waals surface area contributed by atoms with Crippen LogP contribution in [-0.4, -0.2) is 61.2 Å². The van der Waals surface area contributed by atoms with Crippen molar-refractivity contribution in [3.63, 3.8) is 0 Å². The van der Waals surface area contributed by atoms with E-state index >= 15 is 0 Å². The molecular weight excluding hydrogens is 252 g/mol. The number of nitrogens with zero attached hydrogens (tertiary/aromatic N) is 2. The number of carbonyl (C=O) groups is 1. The molecular formula is C16H34N2O2. The second kappa shape index (κ2) is 9.35. The third-order valence-corrected chi connectivity index (χ3v) is 3.59. The van der Waals surface area contributed by atoms with Gasteiger partial charge in [0, 0.05) is 19.6 Å². The van der Waals surface area contributed by atoms with Crippen molar-refractivity contribution in [3.05, 3.63) is 0 Å². The molecule has 0 aromatic carbocycles. The summed E-state index contributed by atoms with van der Waals surface area (Å²) in [6.45, 7) is 12.5. The molecule has 0 aromatic rings. The van der Waals surface area contributed by atoms with Crippen LogP contribution in [-0.2, 0) is 4.79 Å². The first-order valence-corrected chi connectivity index (χ1v) is 7.75. The summed E-state index contributed by atoms with van der Waals surface area (Å²) in [5, 5.41) is 9.10. The molecule has 0 fully saturated rings. The standard InChI is InChI=1S/C16H34N2O2/c1-14(2)13-18(12-11-17(5)6)10-8-7-9-16(3,4)15(19)20/h14H,7-13H2,1-6H3,(H,19,20). The Hall–Kier alpha value is -0.610. The van der Waals surface area contributed by atoms with Gasteiger partial charge in [-0.2, -0.15) is 0 Å². The SMILES string of the molecule is CC(C)CN(CCCCC(C)(C)C(=O)O)CCN(C)C. The lowest BCUT2D eigenvalue weighted by Gasteiger charge is -2.26. The Morgan fingerprint density at radius 3 is 2.15 bits per heavy atom. The number of carboxylic acids is 1. The van der Waals surface area contributed by atoms with Crippen molar-refractivity contribution >= 4 is 5.97 Å². The van der Waals surface area contributed by atoms with Crippen LogP contribution in [0.15, 0.2) is 0 Å². The number of hydrogen-bond acceptors (Lipinski definition) is 3. The summed E-state index contributed by atoms with van der Waals surface area (Å²) in [7, 11) is 4.20. The quantitative estimate of drug-likeness (QED) is 0.593. The van der Waals surface area contributed by atoms with Crippen LogP contribution < -0.4 is 0 Å². The Kier molecular flexibility index (Phi) is 9.06. The van der Waals surface area contributed by atoms with E-state index in [1.807, 2.05) is 13.8 Å². The van der Waals surface area contributed by atoms with E-state index in [2.05, 4.69) is 37.7 Å². The fourth-order valence-electron chi connectivity index (χ4n) is 2.16. The molecule has 0 amide bonds. The number of hydrogen-bond donors (Lipinski definition) is 1. The van der Waals surface area contributed by atoms with Crippen LogP contribution in [0.3, 0.4) is 0 Å². The first kappa shape index (κ1) is 19.4. The topological polar surface area (TPSA) is 43.8 Å². The van der Waals surface area contributed by atoms with E-state index in [1.165, 1.54) is 0 Å². The Labute approximate surface area is 125 Å². The molecule has 0 aliphatic heterocycles. The highest BCUT2D eigenvalue weighted by atomic mass is 16.4. The molecule has 0 bridgehead atoms. The predicted molar refractivity (Wildman–Crippen MR) is 85.1 cm³/mol. The monoisotopic (exact) mass is 286 g/mol. The van der Waals surface area contributed by atoms with E-state index in [4.69, 9.17) is 5.11 Å². The Balaban J connectivity index is 4.03. The van der Waals surface area contributed by atoms with Gasteiger partial charge in [0.15, 0.2) is 0 Å². The van der Waals surface area contributed by atoms with E-state index in [9.17, 15) is 4.79 Å². The molecule has 4 nitrogen and oxygen atoms in total. The summed E-state index contributed by atoms with van der Waals surface area (Å²) in [4.78, 5) is 15.8. The predicted octanol–water partition coefficient (Wildman–Crippen LogP) is 2.79. The van der Waals surface area contributed by atoms with Gasteiger partial charge in [-0.15, -0.1) is 0 Å². The number of unbranched alkanes of at least 4 members (excludes halogenated alkanes) is 1. The molecule has 1 N–H and O–H groups in total. The molecule has 0 rings (SSSR count). The Morgan fingerprint density at radius 2 is 1.70 bits per heavy atom. The molecule has 0 unspecified atom stereocenters. The maximum atomic E-state index is 11.1. The van der Waals surface area contributed by atoms with Crippen LogP contribution in [0.4, 0.5) is 0 Å². The molecule has 4 heteroatoms. The van der Waals surface area contributed by atoms with Crippen LogP contribution in [0.5, 0.6) is 0 Å². The van der Waals surface area contributed by atoms with E-state index < -0.39 is 11.4 Å². The summed E-state index contributed by atoms with van der Waals surface area (Å²) < 4.78 is 0. The van der Waals surface area contributed by atoms with Crippen molar-refractivity contribution in [2.45, 2.75) is 47.0 Å². The zero-order valence-electron chi connectivity index (χ0n) is 14.3. The third kappa shape index (κ3) is 9.32. The smallest absolute Gasteiger partial charge is 0.309 e. The molecule has 0 radical (unpaired) electrons. The molecule has 0 atom stereocenters. The highest BCUT2D eigenvalue weighted by Crippen LogP contribution is 2.23. The summed E-state index contributed by atoms with van der Waals surface area (Å²) in [6, 6.07) is 0. The van der Waals surface area contributed by atoms with Gasteiger partial charge >= 0.3 is 5.97 Å². The van der Waals surface area contributed by atoms with Gasteiger partial charge in [0.2, 0.25) is 0 Å². The van der Waals surface area contributed by atoms with E-state index in [1.54, 1.807) is 0 Å². The summed E-state index contributed by atoms with van der Waals surface area (Å²) in [5.74, 6) is -0.0169. The highest BCUT2D eigenvalue weighted by molar-refractivity contribution is 5.73. The van der Waals surface area contributed by atoms with Crippen molar-refractivity contribution in [2.75, 3.05) is 40.3 Å². The molecule has 20 heavy (non-hydrogen) atoms. The average Bonchev–Trinajstić information content (AvgIpc) is 2.30. The van der Waals surface area contributed by atoms with Gasteiger partial charge < -0.3 is 14.9 Å². The van der Waals surface area contributed by atoms with E-state index in [0.717, 1.165) is 45.4 Å². The molecule has 120 valence electrons. The van der Waals surface area contributed by atoms with E-state index in [0.29, 0.717) is 5.92 Å². The maximum absolute atomic E-state index is 11.1. The number of carboxylic acid groups (broad SMARTS) is 1. The number of likely N-dealkylation sites (N-methyl/N-ethyl adjacent to an activating group) is 1. The van der Waals surface area contributed by atoms with Gasteiger partial charge in [-0.05, 0) is 53.2 Å². The molecule has 0 spiro atoms. The number of aliphatic carboxylic acids is 1. The van der Waals surface area contributed by atoms with Crippen LogP contribution >= 0.6 is 0 Å². The highest BCUT2D eigenvalue weighted by Gasteiger charge is 2.26. The zero-order valence-corrected chi connectivity index (χ0v) is 14.3. The molecule has 0 aliphatic carbocycles. The Bertz CT molecular complexity index is 276. The molecule has 0 heterocycles. The molecule has 0 aliphatic rings. The average molecular weight is 286 g/mol. The summed E-state index contributed by atoms with van der Waals surface area (Å²) >= 11 is 0. The fourth-order valence-corrected chi connectivity index (χ4v) is 2.16. The van der Waals surface area contributed by atoms with Crippen molar-refractivity contribution in [1.82, 2.24) is 9.80 Å². The lowest BCUT2D eigenvalue weighted by atomic mass is 9.87. The third-order valence-electron chi connectivity index (χ3n) is 3.59. The van der Waals surface area contributed by atoms with Crippen LogP contribution in [0.1, 0.15) is 47.0 Å². The Morgan fingerprint density at radius 1 is 1.10 bits per heavy atom.